The molecule has 9 heavy (non-hydrogen) atoms. The van der Waals surface area contributed by atoms with Crippen molar-refractivity contribution in [3.63, 3.8) is 0 Å². The first kappa shape index (κ1) is 10.4. The fourth-order valence-electron chi connectivity index (χ4n) is 0.152. The zero-order valence-corrected chi connectivity index (χ0v) is 8.16. The van der Waals surface area contributed by atoms with Crippen molar-refractivity contribution >= 4 is 58.0 Å². The second kappa shape index (κ2) is 4.35. The van der Waals surface area contributed by atoms with Crippen LogP contribution in [0.3, 0.4) is 0 Å². The van der Waals surface area contributed by atoms with E-state index in [1.807, 2.05) is 0 Å². The molecule has 0 aliphatic rings. The predicted octanol–water partition coefficient (Wildman–Crippen LogP) is 3.25. The lowest BCUT2D eigenvalue weighted by atomic mass is 10.2. The number of halogens is 5. The van der Waals surface area contributed by atoms with Gasteiger partial charge in [-0.25, -0.2) is 0 Å². The van der Waals surface area contributed by atoms with Gasteiger partial charge in [-0.1, -0.05) is 0 Å². The molecular formula is C4H5Cl5. The van der Waals surface area contributed by atoms with E-state index < -0.39 is 9.71 Å². The summed E-state index contributed by atoms with van der Waals surface area (Å²) in [5.74, 6) is 0.297. The monoisotopic (exact) mass is 228 g/mol. The maximum atomic E-state index is 5.72. The largest absolute Gasteiger partial charge is 0.129 e. The quantitative estimate of drug-likeness (QED) is 0.653. The normalized spacial score (nSPS) is 12.7. The zero-order chi connectivity index (χ0) is 7.49. The highest BCUT2D eigenvalue weighted by molar-refractivity contribution is 6.51. The minimum atomic E-state index is -0.883. The van der Waals surface area contributed by atoms with Crippen molar-refractivity contribution in [3.05, 3.63) is 0 Å². The van der Waals surface area contributed by atoms with Gasteiger partial charge in [0.2, 0.25) is 0 Å². The Kier molecular flexibility index (Phi) is 5.05. The third-order valence-electron chi connectivity index (χ3n) is 0.835. The van der Waals surface area contributed by atoms with Gasteiger partial charge in [-0.2, -0.15) is 0 Å². The standard InChI is InChI=1S/C4H5Cl5/c5-1-4(9,2-6)3(7)8/h3H,1-2H2. The lowest BCUT2D eigenvalue weighted by Crippen LogP contribution is -2.33. The van der Waals surface area contributed by atoms with Crippen LogP contribution in [0, 0.1) is 0 Å². The van der Waals surface area contributed by atoms with Crippen LogP contribution in [0.15, 0.2) is 0 Å². The van der Waals surface area contributed by atoms with Gasteiger partial charge in [-0.15, -0.1) is 58.0 Å². The van der Waals surface area contributed by atoms with Gasteiger partial charge in [0.1, 0.15) is 9.71 Å². The number of hydrogen-bond donors (Lipinski definition) is 0. The van der Waals surface area contributed by atoms with Gasteiger partial charge in [0.25, 0.3) is 0 Å². The molecule has 0 aromatic carbocycles. The molecule has 0 radical (unpaired) electrons. The maximum Gasteiger partial charge on any atom is 0.129 e. The molecule has 0 unspecified atom stereocenters. The molecule has 0 aromatic rings. The smallest absolute Gasteiger partial charge is 0.125 e. The van der Waals surface area contributed by atoms with E-state index in [0.29, 0.717) is 0 Å². The zero-order valence-electron chi connectivity index (χ0n) is 4.38. The molecule has 0 atom stereocenters. The van der Waals surface area contributed by atoms with Crippen LogP contribution in [0.2, 0.25) is 0 Å². The van der Waals surface area contributed by atoms with E-state index in [1.165, 1.54) is 0 Å². The third-order valence-corrected chi connectivity index (χ3v) is 3.61. The van der Waals surface area contributed by atoms with Gasteiger partial charge in [-0.3, -0.25) is 0 Å². The Labute approximate surface area is 79.4 Å². The Bertz CT molecular complexity index is 77.0. The van der Waals surface area contributed by atoms with E-state index in [2.05, 4.69) is 0 Å². The molecule has 0 fully saturated rings. The average Bonchev–Trinajstić information content (AvgIpc) is 1.86. The molecule has 0 rings (SSSR count). The summed E-state index contributed by atoms with van der Waals surface area (Å²) in [7, 11) is 0. The van der Waals surface area contributed by atoms with Crippen LogP contribution in [-0.2, 0) is 0 Å². The first-order valence-corrected chi connectivity index (χ1v) is 4.48. The summed E-state index contributed by atoms with van der Waals surface area (Å²) in [6.07, 6.45) is 0. The van der Waals surface area contributed by atoms with Crippen molar-refractivity contribution in [2.24, 2.45) is 0 Å². The minimum absolute atomic E-state index is 0.149. The number of alkyl halides is 5. The van der Waals surface area contributed by atoms with E-state index in [1.54, 1.807) is 0 Å². The molecule has 0 saturated carbocycles. The molecule has 0 N–H and O–H groups in total. The second-order valence-corrected chi connectivity index (χ2v) is 3.99. The van der Waals surface area contributed by atoms with Gasteiger partial charge < -0.3 is 0 Å². The SMILES string of the molecule is ClCC(Cl)(CCl)C(Cl)Cl. The van der Waals surface area contributed by atoms with Crippen LogP contribution in [0.4, 0.5) is 0 Å². The van der Waals surface area contributed by atoms with Crippen LogP contribution in [-0.4, -0.2) is 21.5 Å². The molecular weight excluding hydrogens is 225 g/mol. The summed E-state index contributed by atoms with van der Waals surface area (Å²) < 4.78 is 0. The van der Waals surface area contributed by atoms with Gasteiger partial charge in [0, 0.05) is 11.8 Å². The highest BCUT2D eigenvalue weighted by atomic mass is 35.5. The van der Waals surface area contributed by atoms with Crippen molar-refractivity contribution in [1.82, 2.24) is 0 Å². The summed E-state index contributed by atoms with van der Waals surface area (Å²) in [4.78, 5) is -1.61. The van der Waals surface area contributed by atoms with Crippen molar-refractivity contribution in [1.29, 1.82) is 0 Å². The van der Waals surface area contributed by atoms with Gasteiger partial charge in [0.05, 0.1) is 0 Å². The summed E-state index contributed by atoms with van der Waals surface area (Å²) >= 11 is 27.5. The second-order valence-electron chi connectivity index (χ2n) is 1.60. The topological polar surface area (TPSA) is 0 Å². The highest BCUT2D eigenvalue weighted by Crippen LogP contribution is 2.30. The molecule has 0 bridgehead atoms. The number of rotatable bonds is 3. The van der Waals surface area contributed by atoms with Crippen LogP contribution < -0.4 is 0 Å². The first-order chi connectivity index (χ1) is 4.06. The molecule has 0 spiro atoms. The Hall–Kier alpha value is 1.45. The van der Waals surface area contributed by atoms with E-state index in [4.69, 9.17) is 58.0 Å². The Morgan fingerprint density at radius 2 is 1.44 bits per heavy atom. The average molecular weight is 230 g/mol. The van der Waals surface area contributed by atoms with Crippen LogP contribution in [0.25, 0.3) is 0 Å². The summed E-state index contributed by atoms with van der Waals surface area (Å²) in [6.45, 7) is 0. The maximum absolute atomic E-state index is 5.72. The molecule has 56 valence electrons. The van der Waals surface area contributed by atoms with Crippen molar-refractivity contribution in [2.75, 3.05) is 11.8 Å². The molecule has 0 amide bonds. The first-order valence-electron chi connectivity index (χ1n) is 2.16. The number of hydrogen-bond acceptors (Lipinski definition) is 0. The van der Waals surface area contributed by atoms with E-state index in [9.17, 15) is 0 Å². The van der Waals surface area contributed by atoms with Gasteiger partial charge in [0.15, 0.2) is 0 Å². The van der Waals surface area contributed by atoms with Crippen molar-refractivity contribution < 1.29 is 0 Å². The fraction of sp³-hybridized carbons (Fsp3) is 1.00. The Balaban J connectivity index is 3.92. The van der Waals surface area contributed by atoms with Crippen LogP contribution in [0.1, 0.15) is 0 Å². The van der Waals surface area contributed by atoms with Gasteiger partial charge >= 0.3 is 0 Å². The summed E-state index contributed by atoms with van der Waals surface area (Å²) in [5, 5.41) is 0. The van der Waals surface area contributed by atoms with Crippen LogP contribution in [0.5, 0.6) is 0 Å². The minimum Gasteiger partial charge on any atom is -0.125 e. The molecule has 0 saturated heterocycles. The molecule has 5 heteroatoms. The molecule has 0 nitrogen and oxygen atoms in total. The van der Waals surface area contributed by atoms with Gasteiger partial charge in [-0.05, 0) is 0 Å². The lowest BCUT2D eigenvalue weighted by Gasteiger charge is -2.21. The van der Waals surface area contributed by atoms with E-state index in [0.717, 1.165) is 0 Å². The van der Waals surface area contributed by atoms with Crippen molar-refractivity contribution in [3.8, 4) is 0 Å². The predicted molar refractivity (Wildman–Crippen MR) is 45.5 cm³/mol. The van der Waals surface area contributed by atoms with E-state index >= 15 is 0 Å². The van der Waals surface area contributed by atoms with Crippen molar-refractivity contribution in [2.45, 2.75) is 9.71 Å². The fourth-order valence-corrected chi connectivity index (χ4v) is 1.37. The molecule has 0 heterocycles. The van der Waals surface area contributed by atoms with Crippen LogP contribution >= 0.6 is 58.0 Å². The summed E-state index contributed by atoms with van der Waals surface area (Å²) in [5.41, 5.74) is 0. The van der Waals surface area contributed by atoms with E-state index in [-0.39, 0.29) is 11.8 Å². The third kappa shape index (κ3) is 2.90. The molecule has 0 aromatic heterocycles. The lowest BCUT2D eigenvalue weighted by molar-refractivity contribution is 0.774. The Morgan fingerprint density at radius 1 is 1.11 bits per heavy atom. The molecule has 0 aliphatic heterocycles. The summed E-state index contributed by atoms with van der Waals surface area (Å²) in [6, 6.07) is 0. The Morgan fingerprint density at radius 3 is 1.44 bits per heavy atom. The molecule has 0 aliphatic carbocycles. The highest BCUT2D eigenvalue weighted by Gasteiger charge is 2.32.